The molecule has 0 aliphatic heterocycles. The maximum atomic E-state index is 11.7. The molecule has 4 aliphatic rings. The van der Waals surface area contributed by atoms with Gasteiger partial charge >= 0.3 is 10.4 Å². The van der Waals surface area contributed by atoms with Gasteiger partial charge in [-0.15, -0.1) is 0 Å². The lowest BCUT2D eigenvalue weighted by Crippen LogP contribution is -2.62. The lowest BCUT2D eigenvalue weighted by Gasteiger charge is -2.63. The zero-order valence-electron chi connectivity index (χ0n) is 21.4. The highest BCUT2D eigenvalue weighted by molar-refractivity contribution is 7.80. The van der Waals surface area contributed by atoms with Crippen LogP contribution >= 0.6 is 0 Å². The lowest BCUT2D eigenvalue weighted by molar-refractivity contribution is -0.207. The summed E-state index contributed by atoms with van der Waals surface area (Å²) >= 11 is 0. The van der Waals surface area contributed by atoms with Crippen LogP contribution in [0.15, 0.2) is 0 Å². The molecule has 4 rings (SSSR count). The van der Waals surface area contributed by atoms with Gasteiger partial charge in [0.2, 0.25) is 0 Å². The van der Waals surface area contributed by atoms with Crippen molar-refractivity contribution in [3.05, 3.63) is 0 Å². The molecule has 0 amide bonds. The number of hydrogen-bond donors (Lipinski definition) is 5. The summed E-state index contributed by atoms with van der Waals surface area (Å²) in [6, 6.07) is 0. The number of rotatable bonds is 8. The van der Waals surface area contributed by atoms with Gasteiger partial charge in [0, 0.05) is 6.61 Å². The van der Waals surface area contributed by atoms with E-state index < -0.39 is 28.7 Å². The number of hydrogen-bond acceptors (Lipinski definition) is 7. The minimum Gasteiger partial charge on any atom is -0.396 e. The molecule has 204 valence electrons. The van der Waals surface area contributed by atoms with Gasteiger partial charge in [0.1, 0.15) is 0 Å². The molecule has 0 radical (unpaired) electrons. The second kappa shape index (κ2) is 10.1. The fourth-order valence-corrected chi connectivity index (χ4v) is 9.87. The highest BCUT2D eigenvalue weighted by Crippen LogP contribution is 2.68. The molecule has 12 atom stereocenters. The monoisotopic (exact) mass is 518 g/mol. The SMILES string of the molecule is C[C@H](CC[C@H](CCO)OS(=O)(=O)O)[C@H]1CC[C@H]2[C@@H]3[C@H](O)C[C@H]4C[C@H](O)CC[C@]4(C)[C@H]3C[C@H](O)[C@]12C. The maximum absolute atomic E-state index is 11.7. The molecule has 0 bridgehead atoms. The molecule has 35 heavy (non-hydrogen) atoms. The van der Waals surface area contributed by atoms with E-state index in [-0.39, 0.29) is 59.6 Å². The van der Waals surface area contributed by atoms with Gasteiger partial charge in [0.25, 0.3) is 0 Å². The van der Waals surface area contributed by atoms with Gasteiger partial charge in [-0.3, -0.25) is 4.55 Å². The van der Waals surface area contributed by atoms with Crippen LogP contribution < -0.4 is 0 Å². The Labute approximate surface area is 210 Å². The van der Waals surface area contributed by atoms with E-state index in [0.29, 0.717) is 25.2 Å². The fraction of sp³-hybridized carbons (Fsp3) is 1.00. The molecule has 0 heterocycles. The van der Waals surface area contributed by atoms with Crippen LogP contribution in [0.4, 0.5) is 0 Å². The normalized spacial score (nSPS) is 47.4. The summed E-state index contributed by atoms with van der Waals surface area (Å²) < 4.78 is 36.2. The number of aliphatic hydroxyl groups is 4. The Bertz CT molecular complexity index is 850. The van der Waals surface area contributed by atoms with Crippen LogP contribution in [-0.4, -0.2) is 64.4 Å². The quantitative estimate of drug-likeness (QED) is 0.309. The van der Waals surface area contributed by atoms with Gasteiger partial charge in [0.15, 0.2) is 0 Å². The molecule has 0 spiro atoms. The first-order chi connectivity index (χ1) is 16.3. The van der Waals surface area contributed by atoms with E-state index in [1.165, 1.54) is 0 Å². The van der Waals surface area contributed by atoms with E-state index in [4.69, 9.17) is 8.74 Å². The van der Waals surface area contributed by atoms with Gasteiger partial charge in [-0.2, -0.15) is 8.42 Å². The van der Waals surface area contributed by atoms with Gasteiger partial charge in [0.05, 0.1) is 24.4 Å². The third-order valence-electron chi connectivity index (χ3n) is 11.2. The van der Waals surface area contributed by atoms with Gasteiger partial charge < -0.3 is 20.4 Å². The Morgan fingerprint density at radius 2 is 1.69 bits per heavy atom. The van der Waals surface area contributed by atoms with E-state index in [0.717, 1.165) is 38.5 Å². The van der Waals surface area contributed by atoms with Crippen molar-refractivity contribution in [3.63, 3.8) is 0 Å². The van der Waals surface area contributed by atoms with Gasteiger partial charge in [-0.25, -0.2) is 4.18 Å². The molecule has 9 heteroatoms. The first-order valence-electron chi connectivity index (χ1n) is 13.6. The highest BCUT2D eigenvalue weighted by Gasteiger charge is 2.65. The molecule has 0 aromatic carbocycles. The Morgan fingerprint density at radius 1 is 0.971 bits per heavy atom. The smallest absolute Gasteiger partial charge is 0.396 e. The van der Waals surface area contributed by atoms with Gasteiger partial charge in [-0.1, -0.05) is 20.8 Å². The summed E-state index contributed by atoms with van der Waals surface area (Å²) in [6.45, 7) is 6.43. The summed E-state index contributed by atoms with van der Waals surface area (Å²) in [5.74, 6) is 1.35. The van der Waals surface area contributed by atoms with Crippen LogP contribution in [0, 0.1) is 46.3 Å². The molecule has 4 aliphatic carbocycles. The van der Waals surface area contributed by atoms with Crippen LogP contribution in [0.25, 0.3) is 0 Å². The fourth-order valence-electron chi connectivity index (χ4n) is 9.34. The van der Waals surface area contributed by atoms with Crippen molar-refractivity contribution in [2.45, 2.75) is 109 Å². The predicted octanol–water partition coefficient (Wildman–Crippen LogP) is 2.93. The maximum Gasteiger partial charge on any atom is 0.397 e. The number of aliphatic hydroxyl groups excluding tert-OH is 4. The zero-order chi connectivity index (χ0) is 25.8. The van der Waals surface area contributed by atoms with Crippen LogP contribution in [0.1, 0.15) is 85.0 Å². The summed E-state index contributed by atoms with van der Waals surface area (Å²) in [5.41, 5.74) is -0.283. The van der Waals surface area contributed by atoms with Gasteiger partial charge in [-0.05, 0) is 111 Å². The Balaban J connectivity index is 1.50. The molecular formula is C26H46O8S. The predicted molar refractivity (Wildman–Crippen MR) is 131 cm³/mol. The van der Waals surface area contributed by atoms with Crippen LogP contribution in [0.3, 0.4) is 0 Å². The molecule has 4 saturated carbocycles. The molecule has 0 unspecified atom stereocenters. The van der Waals surface area contributed by atoms with E-state index in [1.54, 1.807) is 0 Å². The van der Waals surface area contributed by atoms with E-state index in [1.807, 2.05) is 0 Å². The molecule has 8 nitrogen and oxygen atoms in total. The van der Waals surface area contributed by atoms with Crippen molar-refractivity contribution in [2.75, 3.05) is 6.61 Å². The Hall–Kier alpha value is -0.290. The standard InChI is InChI=1S/C26H46O8S/c1-15(4-5-18(9-11-27)34-35(31,32)33)19-6-7-20-24-21(14-23(30)26(19,20)3)25(2)10-8-17(28)12-16(25)13-22(24)29/h15-24,27-30H,4-14H2,1-3H3,(H,31,32,33)/t15-,16-,17-,18-,19-,20+,21+,22-,23+,24+,25+,26-/m1/s1. The second-order valence-corrected chi connectivity index (χ2v) is 13.8. The Kier molecular flexibility index (Phi) is 8.02. The van der Waals surface area contributed by atoms with Crippen molar-refractivity contribution in [1.29, 1.82) is 0 Å². The average molecular weight is 519 g/mol. The minimum atomic E-state index is -4.59. The van der Waals surface area contributed by atoms with Crippen LogP contribution in [0.5, 0.6) is 0 Å². The first-order valence-corrected chi connectivity index (χ1v) is 15.0. The summed E-state index contributed by atoms with van der Waals surface area (Å²) in [7, 11) is -4.59. The first kappa shape index (κ1) is 27.7. The van der Waals surface area contributed by atoms with Crippen molar-refractivity contribution in [2.24, 2.45) is 46.3 Å². The zero-order valence-corrected chi connectivity index (χ0v) is 22.2. The van der Waals surface area contributed by atoms with E-state index in [2.05, 4.69) is 20.8 Å². The molecule has 0 aromatic rings. The number of fused-ring (bicyclic) bond motifs is 5. The second-order valence-electron chi connectivity index (χ2n) is 12.7. The minimum absolute atomic E-state index is 0.0414. The molecule has 0 saturated heterocycles. The third-order valence-corrected chi connectivity index (χ3v) is 11.7. The molecule has 5 N–H and O–H groups in total. The molecular weight excluding hydrogens is 472 g/mol. The van der Waals surface area contributed by atoms with Crippen LogP contribution in [-0.2, 0) is 14.6 Å². The van der Waals surface area contributed by atoms with E-state index in [9.17, 15) is 28.8 Å². The van der Waals surface area contributed by atoms with Crippen molar-refractivity contribution in [1.82, 2.24) is 0 Å². The summed E-state index contributed by atoms with van der Waals surface area (Å²) in [4.78, 5) is 0. The molecule has 0 aromatic heterocycles. The largest absolute Gasteiger partial charge is 0.397 e. The molecule has 4 fully saturated rings. The summed E-state index contributed by atoms with van der Waals surface area (Å²) in [5, 5.41) is 42.6. The van der Waals surface area contributed by atoms with Crippen LogP contribution in [0.2, 0.25) is 0 Å². The topological polar surface area (TPSA) is 145 Å². The van der Waals surface area contributed by atoms with Crippen molar-refractivity contribution < 1.29 is 37.6 Å². The summed E-state index contributed by atoms with van der Waals surface area (Å²) in [6.07, 6.45) is 5.06. The van der Waals surface area contributed by atoms with Crippen molar-refractivity contribution >= 4 is 10.4 Å². The van der Waals surface area contributed by atoms with Crippen molar-refractivity contribution in [3.8, 4) is 0 Å². The highest BCUT2D eigenvalue weighted by atomic mass is 32.3. The third kappa shape index (κ3) is 5.08. The Morgan fingerprint density at radius 3 is 2.34 bits per heavy atom. The average Bonchev–Trinajstić information content (AvgIpc) is 3.11. The lowest BCUT2D eigenvalue weighted by atomic mass is 9.43. The van der Waals surface area contributed by atoms with E-state index >= 15 is 0 Å².